The SMILES string of the molecule is CCOCCN(CC)Cc1ccc(C(=N)N)cc1. The number of ether oxygens (including phenoxy) is 1. The molecular weight excluding hydrogens is 226 g/mol. The standard InChI is InChI=1S/C14H23N3O/c1-3-17(9-10-18-4-2)11-12-5-7-13(8-6-12)14(15)16/h5-8H,3-4,9-11H2,1-2H3,(H3,15,16). The minimum atomic E-state index is 0.116. The van der Waals surface area contributed by atoms with Crippen LogP contribution in [-0.2, 0) is 11.3 Å². The fourth-order valence-corrected chi connectivity index (χ4v) is 1.73. The lowest BCUT2D eigenvalue weighted by atomic mass is 10.1. The van der Waals surface area contributed by atoms with Crippen molar-refractivity contribution in [3.63, 3.8) is 0 Å². The fourth-order valence-electron chi connectivity index (χ4n) is 1.73. The smallest absolute Gasteiger partial charge is 0.122 e. The van der Waals surface area contributed by atoms with Crippen molar-refractivity contribution in [2.75, 3.05) is 26.3 Å². The summed E-state index contributed by atoms with van der Waals surface area (Å²) in [5, 5.41) is 7.35. The second-order valence-corrected chi connectivity index (χ2v) is 4.18. The van der Waals surface area contributed by atoms with Gasteiger partial charge in [0.2, 0.25) is 0 Å². The van der Waals surface area contributed by atoms with Crippen LogP contribution in [0.25, 0.3) is 0 Å². The molecule has 0 fully saturated rings. The zero-order valence-electron chi connectivity index (χ0n) is 11.3. The van der Waals surface area contributed by atoms with Gasteiger partial charge in [-0.2, -0.15) is 0 Å². The average Bonchev–Trinajstić information content (AvgIpc) is 2.38. The zero-order valence-corrected chi connectivity index (χ0v) is 11.3. The van der Waals surface area contributed by atoms with Crippen LogP contribution in [0.15, 0.2) is 24.3 Å². The lowest BCUT2D eigenvalue weighted by Crippen LogP contribution is -2.27. The van der Waals surface area contributed by atoms with Crippen LogP contribution in [-0.4, -0.2) is 37.0 Å². The first-order valence-corrected chi connectivity index (χ1v) is 6.40. The van der Waals surface area contributed by atoms with E-state index in [0.29, 0.717) is 0 Å². The molecule has 100 valence electrons. The second-order valence-electron chi connectivity index (χ2n) is 4.18. The third-order valence-corrected chi connectivity index (χ3v) is 2.87. The lowest BCUT2D eigenvalue weighted by Gasteiger charge is -2.20. The van der Waals surface area contributed by atoms with E-state index in [2.05, 4.69) is 11.8 Å². The Balaban J connectivity index is 2.50. The number of amidine groups is 1. The number of nitrogen functional groups attached to an aromatic ring is 1. The van der Waals surface area contributed by atoms with Crippen LogP contribution in [0.5, 0.6) is 0 Å². The van der Waals surface area contributed by atoms with Crippen LogP contribution in [0.3, 0.4) is 0 Å². The van der Waals surface area contributed by atoms with E-state index in [1.54, 1.807) is 0 Å². The molecule has 0 aliphatic heterocycles. The molecule has 0 heterocycles. The molecule has 4 nitrogen and oxygen atoms in total. The minimum absolute atomic E-state index is 0.116. The molecule has 0 unspecified atom stereocenters. The van der Waals surface area contributed by atoms with E-state index in [-0.39, 0.29) is 5.84 Å². The first-order valence-electron chi connectivity index (χ1n) is 6.40. The maximum absolute atomic E-state index is 7.35. The molecule has 0 atom stereocenters. The summed E-state index contributed by atoms with van der Waals surface area (Å²) in [7, 11) is 0. The molecule has 18 heavy (non-hydrogen) atoms. The van der Waals surface area contributed by atoms with Gasteiger partial charge in [0, 0.05) is 25.3 Å². The Kier molecular flexibility index (Phi) is 6.39. The molecule has 0 aliphatic rings. The Morgan fingerprint density at radius 3 is 2.44 bits per heavy atom. The maximum Gasteiger partial charge on any atom is 0.122 e. The van der Waals surface area contributed by atoms with Crippen LogP contribution < -0.4 is 5.73 Å². The van der Waals surface area contributed by atoms with Crippen LogP contribution in [0.1, 0.15) is 25.0 Å². The van der Waals surface area contributed by atoms with Gasteiger partial charge < -0.3 is 10.5 Å². The van der Waals surface area contributed by atoms with Gasteiger partial charge in [-0.05, 0) is 19.0 Å². The molecule has 4 heteroatoms. The normalized spacial score (nSPS) is 10.8. The Hall–Kier alpha value is -1.39. The predicted molar refractivity (Wildman–Crippen MR) is 74.9 cm³/mol. The molecular formula is C14H23N3O. The number of rotatable bonds is 8. The number of hydrogen-bond acceptors (Lipinski definition) is 3. The summed E-state index contributed by atoms with van der Waals surface area (Å²) in [4.78, 5) is 2.33. The van der Waals surface area contributed by atoms with Crippen molar-refractivity contribution < 1.29 is 4.74 Å². The van der Waals surface area contributed by atoms with E-state index in [9.17, 15) is 0 Å². The summed E-state index contributed by atoms with van der Waals surface area (Å²) in [5.74, 6) is 0.116. The molecule has 3 N–H and O–H groups in total. The summed E-state index contributed by atoms with van der Waals surface area (Å²) in [6.07, 6.45) is 0. The van der Waals surface area contributed by atoms with E-state index in [4.69, 9.17) is 15.9 Å². The lowest BCUT2D eigenvalue weighted by molar-refractivity contribution is 0.113. The van der Waals surface area contributed by atoms with E-state index in [0.717, 1.165) is 38.4 Å². The van der Waals surface area contributed by atoms with Gasteiger partial charge in [0.15, 0.2) is 0 Å². The molecule has 0 amide bonds. The molecule has 0 aromatic heterocycles. The van der Waals surface area contributed by atoms with Crippen LogP contribution >= 0.6 is 0 Å². The minimum Gasteiger partial charge on any atom is -0.384 e. The highest BCUT2D eigenvalue weighted by Gasteiger charge is 2.04. The quantitative estimate of drug-likeness (QED) is 0.420. The van der Waals surface area contributed by atoms with Gasteiger partial charge in [-0.1, -0.05) is 31.2 Å². The fraction of sp³-hybridized carbons (Fsp3) is 0.500. The van der Waals surface area contributed by atoms with Crippen molar-refractivity contribution in [2.24, 2.45) is 5.73 Å². The second kappa shape index (κ2) is 7.84. The van der Waals surface area contributed by atoms with Crippen molar-refractivity contribution in [3.05, 3.63) is 35.4 Å². The maximum atomic E-state index is 7.35. The van der Waals surface area contributed by atoms with Gasteiger partial charge in [0.05, 0.1) is 6.61 Å². The third kappa shape index (κ3) is 4.85. The Labute approximate surface area is 109 Å². The number of likely N-dealkylation sites (N-methyl/N-ethyl adjacent to an activating group) is 1. The van der Waals surface area contributed by atoms with Crippen molar-refractivity contribution >= 4 is 5.84 Å². The summed E-state index contributed by atoms with van der Waals surface area (Å²) in [5.41, 5.74) is 7.44. The molecule has 1 aromatic carbocycles. The van der Waals surface area contributed by atoms with Gasteiger partial charge >= 0.3 is 0 Å². The van der Waals surface area contributed by atoms with Crippen molar-refractivity contribution in [3.8, 4) is 0 Å². The van der Waals surface area contributed by atoms with E-state index >= 15 is 0 Å². The monoisotopic (exact) mass is 249 g/mol. The largest absolute Gasteiger partial charge is 0.384 e. The first kappa shape index (κ1) is 14.7. The van der Waals surface area contributed by atoms with Gasteiger partial charge in [-0.25, -0.2) is 0 Å². The molecule has 0 saturated carbocycles. The van der Waals surface area contributed by atoms with E-state index in [1.807, 2.05) is 31.2 Å². The molecule has 0 radical (unpaired) electrons. The summed E-state index contributed by atoms with van der Waals surface area (Å²) < 4.78 is 5.37. The summed E-state index contributed by atoms with van der Waals surface area (Å²) in [6, 6.07) is 7.85. The highest BCUT2D eigenvalue weighted by atomic mass is 16.5. The molecule has 0 spiro atoms. The number of benzene rings is 1. The van der Waals surface area contributed by atoms with E-state index < -0.39 is 0 Å². The Morgan fingerprint density at radius 1 is 1.28 bits per heavy atom. The third-order valence-electron chi connectivity index (χ3n) is 2.87. The number of nitrogens with two attached hydrogens (primary N) is 1. The average molecular weight is 249 g/mol. The topological polar surface area (TPSA) is 62.3 Å². The summed E-state index contributed by atoms with van der Waals surface area (Å²) in [6.45, 7) is 8.55. The zero-order chi connectivity index (χ0) is 13.4. The van der Waals surface area contributed by atoms with Crippen LogP contribution in [0, 0.1) is 5.41 Å². The molecule has 0 aliphatic carbocycles. The van der Waals surface area contributed by atoms with Gasteiger partial charge in [-0.15, -0.1) is 0 Å². The van der Waals surface area contributed by atoms with Gasteiger partial charge in [-0.3, -0.25) is 10.3 Å². The van der Waals surface area contributed by atoms with Crippen molar-refractivity contribution in [2.45, 2.75) is 20.4 Å². The van der Waals surface area contributed by atoms with Crippen LogP contribution in [0.4, 0.5) is 0 Å². The Bertz CT molecular complexity index is 362. The van der Waals surface area contributed by atoms with Gasteiger partial charge in [0.25, 0.3) is 0 Å². The van der Waals surface area contributed by atoms with E-state index in [1.165, 1.54) is 5.56 Å². The number of hydrogen-bond donors (Lipinski definition) is 2. The highest BCUT2D eigenvalue weighted by Crippen LogP contribution is 2.07. The highest BCUT2D eigenvalue weighted by molar-refractivity contribution is 5.94. The van der Waals surface area contributed by atoms with Crippen molar-refractivity contribution in [1.29, 1.82) is 5.41 Å². The first-order chi connectivity index (χ1) is 8.67. The molecule has 0 saturated heterocycles. The molecule has 1 aromatic rings. The van der Waals surface area contributed by atoms with Crippen LogP contribution in [0.2, 0.25) is 0 Å². The Morgan fingerprint density at radius 2 is 1.94 bits per heavy atom. The summed E-state index contributed by atoms with van der Waals surface area (Å²) >= 11 is 0. The molecule has 1 rings (SSSR count). The van der Waals surface area contributed by atoms with Gasteiger partial charge in [0.1, 0.15) is 5.84 Å². The van der Waals surface area contributed by atoms with Crippen molar-refractivity contribution in [1.82, 2.24) is 4.90 Å². The number of nitrogens with one attached hydrogen (secondary N) is 1. The number of nitrogens with zero attached hydrogens (tertiary/aromatic N) is 1. The molecule has 0 bridgehead atoms. The predicted octanol–water partition coefficient (Wildman–Crippen LogP) is 1.83.